The monoisotopic (exact) mass is 311 g/mol. The zero-order chi connectivity index (χ0) is 16.9. The van der Waals surface area contributed by atoms with Crippen LogP contribution in [0.3, 0.4) is 0 Å². The number of aryl methyl sites for hydroxylation is 1. The van der Waals surface area contributed by atoms with Gasteiger partial charge in [-0.05, 0) is 51.0 Å². The first-order chi connectivity index (χ1) is 10.1. The van der Waals surface area contributed by atoms with Gasteiger partial charge in [-0.25, -0.2) is 4.79 Å². The van der Waals surface area contributed by atoms with E-state index in [1.165, 1.54) is 0 Å². The highest BCUT2D eigenvalue weighted by molar-refractivity contribution is 5.67. The van der Waals surface area contributed by atoms with Crippen LogP contribution in [-0.2, 0) is 4.74 Å². The summed E-state index contributed by atoms with van der Waals surface area (Å²) in [6.07, 6.45) is -2.88. The molecular weight excluding hydrogens is 286 g/mol. The maximum atomic E-state index is 11.5. The van der Waals surface area contributed by atoms with Crippen molar-refractivity contribution >= 4 is 6.09 Å². The summed E-state index contributed by atoms with van der Waals surface area (Å²) in [6, 6.07) is 5.17. The lowest BCUT2D eigenvalue weighted by atomic mass is 9.99. The Balaban J connectivity index is 2.62. The number of hydrogen-bond acceptors (Lipinski definition) is 5. The second-order valence-corrected chi connectivity index (χ2v) is 6.12. The van der Waals surface area contributed by atoms with Crippen molar-refractivity contribution in [2.45, 2.75) is 45.5 Å². The number of hydrogen-bond donors (Lipinski definition) is 3. The van der Waals surface area contributed by atoms with Crippen LogP contribution in [0.1, 0.15) is 38.0 Å². The number of amides is 1. The standard InChI is InChI=1S/C16H25NO5/c1-10-8-11(21-5)6-7-12(10)14(19)13(18)9-17-15(20)22-16(2,3)4/h6-8,13-14,18-19H,9H2,1-5H3,(H,17,20). The molecule has 1 amide bonds. The predicted molar refractivity (Wildman–Crippen MR) is 82.9 cm³/mol. The number of carbonyl (C=O) groups excluding carboxylic acids is 1. The fourth-order valence-electron chi connectivity index (χ4n) is 1.93. The number of aliphatic hydroxyl groups is 2. The summed E-state index contributed by atoms with van der Waals surface area (Å²) in [5, 5.41) is 22.6. The number of nitrogens with one attached hydrogen (secondary N) is 1. The summed E-state index contributed by atoms with van der Waals surface area (Å²) in [4.78, 5) is 11.5. The van der Waals surface area contributed by atoms with Crippen molar-refractivity contribution in [3.63, 3.8) is 0 Å². The van der Waals surface area contributed by atoms with Crippen LogP contribution in [0.2, 0.25) is 0 Å². The van der Waals surface area contributed by atoms with Crippen LogP contribution >= 0.6 is 0 Å². The summed E-state index contributed by atoms with van der Waals surface area (Å²) >= 11 is 0. The molecule has 0 aliphatic carbocycles. The summed E-state index contributed by atoms with van der Waals surface area (Å²) in [6.45, 7) is 6.95. The third-order valence-electron chi connectivity index (χ3n) is 3.01. The van der Waals surface area contributed by atoms with E-state index in [1.807, 2.05) is 6.92 Å². The van der Waals surface area contributed by atoms with Gasteiger partial charge in [0.05, 0.1) is 7.11 Å². The number of rotatable bonds is 5. The average Bonchev–Trinajstić information content (AvgIpc) is 2.42. The molecule has 0 saturated heterocycles. The molecule has 1 aromatic carbocycles. The zero-order valence-electron chi connectivity index (χ0n) is 13.7. The van der Waals surface area contributed by atoms with Crippen LogP contribution in [0, 0.1) is 6.92 Å². The van der Waals surface area contributed by atoms with Crippen molar-refractivity contribution in [2.24, 2.45) is 0 Å². The van der Waals surface area contributed by atoms with Gasteiger partial charge >= 0.3 is 6.09 Å². The molecule has 0 spiro atoms. The van der Waals surface area contributed by atoms with Crippen molar-refractivity contribution in [2.75, 3.05) is 13.7 Å². The third-order valence-corrected chi connectivity index (χ3v) is 3.01. The van der Waals surface area contributed by atoms with Gasteiger partial charge in [-0.2, -0.15) is 0 Å². The fourth-order valence-corrected chi connectivity index (χ4v) is 1.93. The number of ether oxygens (including phenoxy) is 2. The van der Waals surface area contributed by atoms with Gasteiger partial charge in [-0.15, -0.1) is 0 Å². The smallest absolute Gasteiger partial charge is 0.407 e. The van der Waals surface area contributed by atoms with Gasteiger partial charge in [-0.3, -0.25) is 0 Å². The Hall–Kier alpha value is -1.79. The van der Waals surface area contributed by atoms with Crippen molar-refractivity contribution in [3.05, 3.63) is 29.3 Å². The molecule has 0 fully saturated rings. The Morgan fingerprint density at radius 1 is 1.32 bits per heavy atom. The quantitative estimate of drug-likeness (QED) is 0.773. The number of benzene rings is 1. The largest absolute Gasteiger partial charge is 0.497 e. The molecule has 0 aliphatic heterocycles. The summed E-state index contributed by atoms with van der Waals surface area (Å²) in [7, 11) is 1.56. The third kappa shape index (κ3) is 5.54. The first-order valence-electron chi connectivity index (χ1n) is 7.11. The Labute approximate surface area is 131 Å². The van der Waals surface area contributed by atoms with Crippen molar-refractivity contribution in [1.82, 2.24) is 5.32 Å². The van der Waals surface area contributed by atoms with E-state index in [1.54, 1.807) is 46.1 Å². The summed E-state index contributed by atoms with van der Waals surface area (Å²) in [5.41, 5.74) is 0.766. The Morgan fingerprint density at radius 3 is 2.45 bits per heavy atom. The second kappa shape index (κ2) is 7.47. The van der Waals surface area contributed by atoms with Gasteiger partial charge in [0.25, 0.3) is 0 Å². The molecule has 0 aliphatic rings. The SMILES string of the molecule is COc1ccc(C(O)C(O)CNC(=O)OC(C)(C)C)c(C)c1. The zero-order valence-corrected chi connectivity index (χ0v) is 13.7. The number of alkyl carbamates (subject to hydrolysis) is 1. The van der Waals surface area contributed by atoms with Gasteiger partial charge in [0.2, 0.25) is 0 Å². The highest BCUT2D eigenvalue weighted by Crippen LogP contribution is 2.24. The maximum Gasteiger partial charge on any atom is 0.407 e. The van der Waals surface area contributed by atoms with E-state index in [0.717, 1.165) is 5.56 Å². The number of methoxy groups -OCH3 is 1. The summed E-state index contributed by atoms with van der Waals surface area (Å²) < 4.78 is 10.2. The van der Waals surface area contributed by atoms with E-state index < -0.39 is 23.9 Å². The van der Waals surface area contributed by atoms with Crippen LogP contribution in [-0.4, -0.2) is 41.7 Å². The molecule has 0 heterocycles. The van der Waals surface area contributed by atoms with E-state index in [0.29, 0.717) is 11.3 Å². The highest BCUT2D eigenvalue weighted by atomic mass is 16.6. The molecule has 3 N–H and O–H groups in total. The van der Waals surface area contributed by atoms with Crippen molar-refractivity contribution in [1.29, 1.82) is 0 Å². The van der Waals surface area contributed by atoms with Gasteiger partial charge < -0.3 is 25.0 Å². The van der Waals surface area contributed by atoms with E-state index in [-0.39, 0.29) is 6.54 Å². The van der Waals surface area contributed by atoms with E-state index in [2.05, 4.69) is 5.32 Å². The molecule has 1 aromatic rings. The number of aliphatic hydroxyl groups excluding tert-OH is 2. The Kier molecular flexibility index (Phi) is 6.20. The van der Waals surface area contributed by atoms with Gasteiger partial charge in [0.1, 0.15) is 23.6 Å². The van der Waals surface area contributed by atoms with Crippen LogP contribution in [0.5, 0.6) is 5.75 Å². The normalized spacial score (nSPS) is 14.1. The van der Waals surface area contributed by atoms with Crippen molar-refractivity contribution in [3.8, 4) is 5.75 Å². The van der Waals surface area contributed by atoms with Crippen LogP contribution in [0.4, 0.5) is 4.79 Å². The lowest BCUT2D eigenvalue weighted by Crippen LogP contribution is -2.39. The molecule has 6 nitrogen and oxygen atoms in total. The molecule has 1 rings (SSSR count). The maximum absolute atomic E-state index is 11.5. The first-order valence-corrected chi connectivity index (χ1v) is 7.11. The second-order valence-electron chi connectivity index (χ2n) is 6.12. The fraction of sp³-hybridized carbons (Fsp3) is 0.562. The van der Waals surface area contributed by atoms with Crippen molar-refractivity contribution < 1.29 is 24.5 Å². The minimum Gasteiger partial charge on any atom is -0.497 e. The van der Waals surface area contributed by atoms with Crippen LogP contribution in [0.25, 0.3) is 0 Å². The Morgan fingerprint density at radius 2 is 1.95 bits per heavy atom. The molecule has 22 heavy (non-hydrogen) atoms. The molecule has 0 saturated carbocycles. The minimum atomic E-state index is -1.14. The molecule has 2 unspecified atom stereocenters. The predicted octanol–water partition coefficient (Wildman–Crippen LogP) is 1.92. The van der Waals surface area contributed by atoms with E-state index in [9.17, 15) is 15.0 Å². The molecule has 0 bridgehead atoms. The molecule has 0 radical (unpaired) electrons. The number of carbonyl (C=O) groups is 1. The van der Waals surface area contributed by atoms with Crippen LogP contribution < -0.4 is 10.1 Å². The Bertz CT molecular complexity index is 510. The molecular formula is C16H25NO5. The highest BCUT2D eigenvalue weighted by Gasteiger charge is 2.22. The van der Waals surface area contributed by atoms with Gasteiger partial charge in [-0.1, -0.05) is 6.07 Å². The first kappa shape index (κ1) is 18.3. The molecule has 2 atom stereocenters. The van der Waals surface area contributed by atoms with E-state index in [4.69, 9.17) is 9.47 Å². The summed E-state index contributed by atoms with van der Waals surface area (Å²) in [5.74, 6) is 0.676. The van der Waals surface area contributed by atoms with Crippen LogP contribution in [0.15, 0.2) is 18.2 Å². The van der Waals surface area contributed by atoms with E-state index >= 15 is 0 Å². The molecule has 124 valence electrons. The topological polar surface area (TPSA) is 88.0 Å². The lowest BCUT2D eigenvalue weighted by molar-refractivity contribution is 0.0126. The van der Waals surface area contributed by atoms with Gasteiger partial charge in [0, 0.05) is 6.54 Å². The van der Waals surface area contributed by atoms with Gasteiger partial charge in [0.15, 0.2) is 0 Å². The average molecular weight is 311 g/mol. The minimum absolute atomic E-state index is 0.110. The molecule has 6 heteroatoms. The molecule has 0 aromatic heterocycles. The lowest BCUT2D eigenvalue weighted by Gasteiger charge is -2.23.